The Morgan fingerprint density at radius 3 is 2.96 bits per heavy atom. The minimum absolute atomic E-state index is 0.101. The molecule has 0 saturated carbocycles. The fourth-order valence-electron chi connectivity index (χ4n) is 4.71. The van der Waals surface area contributed by atoms with Crippen LogP contribution < -0.4 is 5.32 Å². The van der Waals surface area contributed by atoms with E-state index in [4.69, 9.17) is 0 Å². The Kier molecular flexibility index (Phi) is 4.07. The fourth-order valence-corrected chi connectivity index (χ4v) is 4.71. The molecule has 3 heterocycles. The fraction of sp³-hybridized carbons (Fsp3) is 0.550. The first-order valence-corrected chi connectivity index (χ1v) is 9.26. The summed E-state index contributed by atoms with van der Waals surface area (Å²) in [6.45, 7) is 4.47. The molecule has 134 valence electrons. The van der Waals surface area contributed by atoms with Crippen LogP contribution in [0.1, 0.15) is 42.6 Å². The Balaban J connectivity index is 1.82. The second kappa shape index (κ2) is 6.13. The molecule has 1 aromatic heterocycles. The zero-order chi connectivity index (χ0) is 17.7. The molecule has 1 aromatic carbocycles. The van der Waals surface area contributed by atoms with Crippen LogP contribution in [0.3, 0.4) is 0 Å². The Morgan fingerprint density at radius 2 is 2.20 bits per heavy atom. The number of benzene rings is 1. The number of nitrogens with zero attached hydrogens (tertiary/aromatic N) is 2. The number of nitrogens with one attached hydrogen (secondary N) is 1. The molecular weight excluding hydrogens is 317 g/mol. The molecule has 3 unspecified atom stereocenters. The number of hydrogen-bond donors (Lipinski definition) is 1. The van der Waals surface area contributed by atoms with Gasteiger partial charge in [0.05, 0.1) is 6.54 Å². The lowest BCUT2D eigenvalue weighted by atomic mass is 9.97. The number of aromatic nitrogens is 1. The van der Waals surface area contributed by atoms with Gasteiger partial charge < -0.3 is 9.88 Å². The van der Waals surface area contributed by atoms with Crippen LogP contribution in [0.15, 0.2) is 18.2 Å². The summed E-state index contributed by atoms with van der Waals surface area (Å²) in [5, 5.41) is 3.83. The van der Waals surface area contributed by atoms with Crippen LogP contribution in [0.25, 0.3) is 10.9 Å². The number of alkyl halides is 1. The largest absolute Gasteiger partial charge is 0.354 e. The van der Waals surface area contributed by atoms with Gasteiger partial charge in [-0.15, -0.1) is 0 Å². The van der Waals surface area contributed by atoms with Crippen molar-refractivity contribution < 1.29 is 9.18 Å². The monoisotopic (exact) mass is 343 g/mol. The maximum atomic E-state index is 14.6. The predicted molar refractivity (Wildman–Crippen MR) is 97.5 cm³/mol. The highest BCUT2D eigenvalue weighted by molar-refractivity contribution is 5.88. The van der Waals surface area contributed by atoms with E-state index in [0.717, 1.165) is 18.4 Å². The van der Waals surface area contributed by atoms with Crippen molar-refractivity contribution in [2.45, 2.75) is 57.9 Å². The molecular formula is C20H26FN3O. The van der Waals surface area contributed by atoms with Crippen LogP contribution in [-0.2, 0) is 17.8 Å². The maximum Gasteiger partial charge on any atom is 0.256 e. The van der Waals surface area contributed by atoms with E-state index >= 15 is 0 Å². The van der Waals surface area contributed by atoms with E-state index in [9.17, 15) is 9.18 Å². The Morgan fingerprint density at radius 1 is 1.40 bits per heavy atom. The predicted octanol–water partition coefficient (Wildman–Crippen LogP) is 3.12. The van der Waals surface area contributed by atoms with E-state index in [1.807, 2.05) is 6.92 Å². The Bertz CT molecular complexity index is 828. The molecule has 4 rings (SSSR count). The first-order valence-electron chi connectivity index (χ1n) is 9.26. The SMILES string of the molecule is CCNC(=O)C(F)Cn1c2c(c3cc(C)ccc31)C1CCC(C2)N1C. The lowest BCUT2D eigenvalue weighted by Crippen LogP contribution is -2.37. The molecule has 1 amide bonds. The van der Waals surface area contributed by atoms with E-state index in [1.54, 1.807) is 0 Å². The van der Waals surface area contributed by atoms with E-state index in [2.05, 4.69) is 47.0 Å². The van der Waals surface area contributed by atoms with Crippen molar-refractivity contribution in [1.29, 1.82) is 0 Å². The summed E-state index contributed by atoms with van der Waals surface area (Å²) in [4.78, 5) is 14.4. The van der Waals surface area contributed by atoms with Gasteiger partial charge in [0.2, 0.25) is 0 Å². The van der Waals surface area contributed by atoms with Crippen LogP contribution in [0.4, 0.5) is 4.39 Å². The average Bonchev–Trinajstić information content (AvgIpc) is 2.99. The van der Waals surface area contributed by atoms with Gasteiger partial charge in [-0.1, -0.05) is 11.6 Å². The molecule has 25 heavy (non-hydrogen) atoms. The first-order chi connectivity index (χ1) is 12.0. The van der Waals surface area contributed by atoms with Gasteiger partial charge in [0, 0.05) is 41.6 Å². The van der Waals surface area contributed by atoms with Gasteiger partial charge in [0.15, 0.2) is 6.17 Å². The lowest BCUT2D eigenvalue weighted by Gasteiger charge is -2.32. The van der Waals surface area contributed by atoms with Crippen molar-refractivity contribution >= 4 is 16.8 Å². The van der Waals surface area contributed by atoms with Crippen molar-refractivity contribution in [3.05, 3.63) is 35.0 Å². The number of likely N-dealkylation sites (N-methyl/N-ethyl adjacent to an activating group) is 1. The average molecular weight is 343 g/mol. The standard InChI is InChI=1S/C20H26FN3O/c1-4-22-20(25)15(21)11-24-16-7-5-12(2)9-14(16)19-17-8-6-13(23(17)3)10-18(19)24/h5,7,9,13,15,17H,4,6,8,10-11H2,1-3H3,(H,22,25). The molecule has 2 aromatic rings. The molecule has 4 nitrogen and oxygen atoms in total. The van der Waals surface area contributed by atoms with Crippen LogP contribution >= 0.6 is 0 Å². The lowest BCUT2D eigenvalue weighted by molar-refractivity contribution is -0.126. The van der Waals surface area contributed by atoms with Gasteiger partial charge in [-0.05, 0) is 51.4 Å². The van der Waals surface area contributed by atoms with Crippen LogP contribution in [-0.4, -0.2) is 41.2 Å². The molecule has 0 radical (unpaired) electrons. The van der Waals surface area contributed by atoms with E-state index in [1.165, 1.54) is 28.6 Å². The highest BCUT2D eigenvalue weighted by Crippen LogP contribution is 2.47. The molecule has 1 fully saturated rings. The second-order valence-corrected chi connectivity index (χ2v) is 7.47. The van der Waals surface area contributed by atoms with Gasteiger partial charge in [-0.2, -0.15) is 0 Å². The molecule has 1 saturated heterocycles. The summed E-state index contributed by atoms with van der Waals surface area (Å²) in [6.07, 6.45) is 1.78. The Hall–Kier alpha value is -1.88. The third-order valence-corrected chi connectivity index (χ3v) is 5.95. The second-order valence-electron chi connectivity index (χ2n) is 7.47. The summed E-state index contributed by atoms with van der Waals surface area (Å²) in [7, 11) is 2.21. The minimum atomic E-state index is -1.52. The smallest absolute Gasteiger partial charge is 0.256 e. The number of amides is 1. The number of rotatable bonds is 4. The van der Waals surface area contributed by atoms with Gasteiger partial charge in [-0.25, -0.2) is 4.39 Å². The summed E-state index contributed by atoms with van der Waals surface area (Å²) in [6, 6.07) is 7.33. The van der Waals surface area contributed by atoms with Gasteiger partial charge >= 0.3 is 0 Å². The minimum Gasteiger partial charge on any atom is -0.354 e. The zero-order valence-corrected chi connectivity index (χ0v) is 15.2. The number of hydrogen-bond acceptors (Lipinski definition) is 2. The number of aryl methyl sites for hydroxylation is 1. The normalized spacial score (nSPS) is 23.7. The molecule has 0 spiro atoms. The van der Waals surface area contributed by atoms with Crippen molar-refractivity contribution in [1.82, 2.24) is 14.8 Å². The van der Waals surface area contributed by atoms with E-state index < -0.39 is 12.1 Å². The summed E-state index contributed by atoms with van der Waals surface area (Å²) < 4.78 is 16.6. The van der Waals surface area contributed by atoms with Crippen molar-refractivity contribution in [3.8, 4) is 0 Å². The van der Waals surface area contributed by atoms with E-state index in [0.29, 0.717) is 18.6 Å². The molecule has 1 N–H and O–H groups in total. The van der Waals surface area contributed by atoms with Gasteiger partial charge in [-0.3, -0.25) is 9.69 Å². The van der Waals surface area contributed by atoms with Crippen molar-refractivity contribution in [3.63, 3.8) is 0 Å². The van der Waals surface area contributed by atoms with Gasteiger partial charge in [0.1, 0.15) is 0 Å². The van der Waals surface area contributed by atoms with Crippen LogP contribution in [0, 0.1) is 6.92 Å². The molecule has 0 aliphatic carbocycles. The third kappa shape index (κ3) is 2.56. The maximum absolute atomic E-state index is 14.6. The van der Waals surface area contributed by atoms with Crippen molar-refractivity contribution in [2.75, 3.05) is 13.6 Å². The molecule has 2 aliphatic rings. The van der Waals surface area contributed by atoms with Crippen molar-refractivity contribution in [2.24, 2.45) is 0 Å². The third-order valence-electron chi connectivity index (χ3n) is 5.95. The summed E-state index contributed by atoms with van der Waals surface area (Å²) >= 11 is 0. The van der Waals surface area contributed by atoms with Crippen LogP contribution in [0.5, 0.6) is 0 Å². The zero-order valence-electron chi connectivity index (χ0n) is 15.2. The highest BCUT2D eigenvalue weighted by atomic mass is 19.1. The van der Waals surface area contributed by atoms with Gasteiger partial charge in [0.25, 0.3) is 5.91 Å². The Labute approximate surface area is 148 Å². The number of carbonyl (C=O) groups excluding carboxylic acids is 1. The quantitative estimate of drug-likeness (QED) is 0.926. The molecule has 2 aliphatic heterocycles. The topological polar surface area (TPSA) is 37.3 Å². The highest BCUT2D eigenvalue weighted by Gasteiger charge is 2.41. The number of carbonyl (C=O) groups is 1. The molecule has 3 atom stereocenters. The van der Waals surface area contributed by atoms with E-state index in [-0.39, 0.29) is 6.54 Å². The summed E-state index contributed by atoms with van der Waals surface area (Å²) in [5.41, 5.74) is 4.87. The number of fused-ring (bicyclic) bond motifs is 6. The molecule has 5 heteroatoms. The number of halogens is 1. The van der Waals surface area contributed by atoms with Crippen LogP contribution in [0.2, 0.25) is 0 Å². The molecule has 2 bridgehead atoms. The first kappa shape index (κ1) is 16.6. The summed E-state index contributed by atoms with van der Waals surface area (Å²) in [5.74, 6) is -0.513.